The number of benzene rings is 2. The van der Waals surface area contributed by atoms with E-state index in [0.29, 0.717) is 6.42 Å². The standard InChI is InChI=1S/C17H17NO/c1-13-16(14-8-4-2-5-9-14)12-17(19)18(13)15-10-6-3-7-11-15/h2-11,13,16H,12H2,1H3. The van der Waals surface area contributed by atoms with Crippen LogP contribution in [0.5, 0.6) is 0 Å². The Morgan fingerprint density at radius 3 is 2.16 bits per heavy atom. The first kappa shape index (κ1) is 12.0. The summed E-state index contributed by atoms with van der Waals surface area (Å²) in [5.41, 5.74) is 2.25. The average Bonchev–Trinajstić information content (AvgIpc) is 2.76. The van der Waals surface area contributed by atoms with Crippen molar-refractivity contribution in [2.75, 3.05) is 4.90 Å². The number of amides is 1. The van der Waals surface area contributed by atoms with Crippen LogP contribution in [-0.2, 0) is 4.79 Å². The molecule has 1 amide bonds. The van der Waals surface area contributed by atoms with E-state index in [-0.39, 0.29) is 17.9 Å². The monoisotopic (exact) mass is 251 g/mol. The highest BCUT2D eigenvalue weighted by atomic mass is 16.2. The van der Waals surface area contributed by atoms with Crippen LogP contribution in [0.3, 0.4) is 0 Å². The van der Waals surface area contributed by atoms with Crippen molar-refractivity contribution in [3.05, 3.63) is 66.2 Å². The van der Waals surface area contributed by atoms with Gasteiger partial charge >= 0.3 is 0 Å². The molecule has 3 rings (SSSR count). The molecule has 1 saturated heterocycles. The number of nitrogens with zero attached hydrogens (tertiary/aromatic N) is 1. The van der Waals surface area contributed by atoms with Crippen LogP contribution >= 0.6 is 0 Å². The van der Waals surface area contributed by atoms with Gasteiger partial charge in [0.2, 0.25) is 5.91 Å². The molecule has 1 aliphatic heterocycles. The van der Waals surface area contributed by atoms with Gasteiger partial charge < -0.3 is 4.90 Å². The largest absolute Gasteiger partial charge is 0.309 e. The lowest BCUT2D eigenvalue weighted by atomic mass is 9.92. The molecule has 1 heterocycles. The number of rotatable bonds is 2. The zero-order valence-electron chi connectivity index (χ0n) is 11.0. The smallest absolute Gasteiger partial charge is 0.227 e. The minimum atomic E-state index is 0.206. The van der Waals surface area contributed by atoms with Gasteiger partial charge in [-0.2, -0.15) is 0 Å². The molecule has 1 aliphatic rings. The number of anilines is 1. The number of hydrogen-bond acceptors (Lipinski definition) is 1. The fourth-order valence-electron chi connectivity index (χ4n) is 2.93. The predicted molar refractivity (Wildman–Crippen MR) is 77.2 cm³/mol. The third-order valence-corrected chi connectivity index (χ3v) is 3.91. The quantitative estimate of drug-likeness (QED) is 0.798. The molecule has 0 aliphatic carbocycles. The summed E-state index contributed by atoms with van der Waals surface area (Å²) in [6, 6.07) is 20.5. The molecule has 0 N–H and O–H groups in total. The fraction of sp³-hybridized carbons (Fsp3) is 0.235. The van der Waals surface area contributed by atoms with Crippen molar-refractivity contribution in [3.63, 3.8) is 0 Å². The summed E-state index contributed by atoms with van der Waals surface area (Å²) in [5.74, 6) is 0.501. The van der Waals surface area contributed by atoms with Crippen LogP contribution in [0.1, 0.15) is 24.8 Å². The van der Waals surface area contributed by atoms with E-state index in [0.717, 1.165) is 5.69 Å². The second-order valence-electron chi connectivity index (χ2n) is 5.06. The van der Waals surface area contributed by atoms with Crippen LogP contribution in [0.25, 0.3) is 0 Å². The topological polar surface area (TPSA) is 20.3 Å². The van der Waals surface area contributed by atoms with Gasteiger partial charge in [-0.1, -0.05) is 48.5 Å². The third kappa shape index (κ3) is 2.14. The van der Waals surface area contributed by atoms with Crippen LogP contribution in [0, 0.1) is 0 Å². The van der Waals surface area contributed by atoms with E-state index in [1.54, 1.807) is 0 Å². The summed E-state index contributed by atoms with van der Waals surface area (Å²) < 4.78 is 0. The minimum Gasteiger partial charge on any atom is -0.309 e. The SMILES string of the molecule is CC1C(c2ccccc2)CC(=O)N1c1ccccc1. The molecule has 2 nitrogen and oxygen atoms in total. The summed E-state index contributed by atoms with van der Waals surface area (Å²) in [7, 11) is 0. The maximum absolute atomic E-state index is 12.3. The van der Waals surface area contributed by atoms with Gasteiger partial charge in [0.05, 0.1) is 0 Å². The number of carbonyl (C=O) groups is 1. The van der Waals surface area contributed by atoms with Crippen molar-refractivity contribution >= 4 is 11.6 Å². The van der Waals surface area contributed by atoms with Crippen LogP contribution in [0.2, 0.25) is 0 Å². The molecule has 2 unspecified atom stereocenters. The Morgan fingerprint density at radius 1 is 0.947 bits per heavy atom. The van der Waals surface area contributed by atoms with Gasteiger partial charge in [0, 0.05) is 24.1 Å². The average molecular weight is 251 g/mol. The molecule has 2 aromatic rings. The molecule has 19 heavy (non-hydrogen) atoms. The highest BCUT2D eigenvalue weighted by molar-refractivity contribution is 5.97. The Labute approximate surface area is 113 Å². The second kappa shape index (κ2) is 4.88. The lowest BCUT2D eigenvalue weighted by Gasteiger charge is -2.25. The van der Waals surface area contributed by atoms with E-state index in [4.69, 9.17) is 0 Å². The summed E-state index contributed by atoms with van der Waals surface area (Å²) >= 11 is 0. The summed E-state index contributed by atoms with van der Waals surface area (Å²) in [6.07, 6.45) is 0.597. The zero-order valence-corrected chi connectivity index (χ0v) is 11.0. The van der Waals surface area contributed by atoms with E-state index in [1.807, 2.05) is 53.4 Å². The number of carbonyl (C=O) groups excluding carboxylic acids is 1. The maximum atomic E-state index is 12.3. The molecule has 0 radical (unpaired) electrons. The summed E-state index contributed by atoms with van der Waals surface area (Å²) in [6.45, 7) is 2.13. The van der Waals surface area contributed by atoms with Crippen molar-refractivity contribution in [2.24, 2.45) is 0 Å². The van der Waals surface area contributed by atoms with E-state index in [9.17, 15) is 4.79 Å². The first-order chi connectivity index (χ1) is 9.27. The molecule has 0 aromatic heterocycles. The second-order valence-corrected chi connectivity index (χ2v) is 5.06. The van der Waals surface area contributed by atoms with Gasteiger partial charge in [0.25, 0.3) is 0 Å². The lowest BCUT2D eigenvalue weighted by Crippen LogP contribution is -2.32. The molecule has 0 bridgehead atoms. The van der Waals surface area contributed by atoms with Crippen molar-refractivity contribution < 1.29 is 4.79 Å². The van der Waals surface area contributed by atoms with Crippen LogP contribution in [0.4, 0.5) is 5.69 Å². The van der Waals surface area contributed by atoms with Crippen LogP contribution in [0.15, 0.2) is 60.7 Å². The Morgan fingerprint density at radius 2 is 1.53 bits per heavy atom. The Kier molecular flexibility index (Phi) is 3.08. The molecule has 2 aromatic carbocycles. The van der Waals surface area contributed by atoms with E-state index < -0.39 is 0 Å². The zero-order chi connectivity index (χ0) is 13.2. The van der Waals surface area contributed by atoms with Gasteiger partial charge in [0.15, 0.2) is 0 Å². The first-order valence-electron chi connectivity index (χ1n) is 6.69. The Bertz CT molecular complexity index is 564. The highest BCUT2D eigenvalue weighted by Crippen LogP contribution is 2.36. The van der Waals surface area contributed by atoms with Crippen LogP contribution in [-0.4, -0.2) is 11.9 Å². The third-order valence-electron chi connectivity index (χ3n) is 3.91. The molecule has 1 fully saturated rings. The first-order valence-corrected chi connectivity index (χ1v) is 6.69. The minimum absolute atomic E-state index is 0.206. The van der Waals surface area contributed by atoms with Gasteiger partial charge in [-0.15, -0.1) is 0 Å². The molecule has 2 heteroatoms. The number of hydrogen-bond donors (Lipinski definition) is 0. The summed E-state index contributed by atoms with van der Waals surface area (Å²) in [4.78, 5) is 14.2. The maximum Gasteiger partial charge on any atom is 0.227 e. The summed E-state index contributed by atoms with van der Waals surface area (Å²) in [5, 5.41) is 0. The molecule has 0 saturated carbocycles. The molecular formula is C17H17NO. The Balaban J connectivity index is 1.92. The lowest BCUT2D eigenvalue weighted by molar-refractivity contribution is -0.117. The molecule has 0 spiro atoms. The van der Waals surface area contributed by atoms with Crippen molar-refractivity contribution in [1.82, 2.24) is 0 Å². The predicted octanol–water partition coefficient (Wildman–Crippen LogP) is 3.60. The van der Waals surface area contributed by atoms with E-state index >= 15 is 0 Å². The van der Waals surface area contributed by atoms with Gasteiger partial charge in [-0.25, -0.2) is 0 Å². The van der Waals surface area contributed by atoms with Gasteiger partial charge in [0.1, 0.15) is 0 Å². The highest BCUT2D eigenvalue weighted by Gasteiger charge is 2.38. The van der Waals surface area contributed by atoms with Crippen LogP contribution < -0.4 is 4.90 Å². The van der Waals surface area contributed by atoms with Gasteiger partial charge in [-0.05, 0) is 24.6 Å². The number of para-hydroxylation sites is 1. The van der Waals surface area contributed by atoms with Crippen molar-refractivity contribution in [1.29, 1.82) is 0 Å². The fourth-order valence-corrected chi connectivity index (χ4v) is 2.93. The van der Waals surface area contributed by atoms with E-state index in [2.05, 4.69) is 19.1 Å². The normalized spacial score (nSPS) is 22.8. The van der Waals surface area contributed by atoms with Gasteiger partial charge in [-0.3, -0.25) is 4.79 Å². The molecule has 2 atom stereocenters. The van der Waals surface area contributed by atoms with Crippen molar-refractivity contribution in [2.45, 2.75) is 25.3 Å². The Hall–Kier alpha value is -2.09. The molecular weight excluding hydrogens is 234 g/mol. The van der Waals surface area contributed by atoms with Crippen molar-refractivity contribution in [3.8, 4) is 0 Å². The van der Waals surface area contributed by atoms with E-state index in [1.165, 1.54) is 5.56 Å². The molecule has 96 valence electrons.